The van der Waals surface area contributed by atoms with E-state index in [1.54, 1.807) is 0 Å². The Kier molecular flexibility index (Phi) is 5.45. The van der Waals surface area contributed by atoms with Crippen LogP contribution in [0.1, 0.15) is 5.56 Å². The molecule has 0 spiro atoms. The normalized spacial score (nSPS) is 15.3. The summed E-state index contributed by atoms with van der Waals surface area (Å²) in [5.74, 6) is -2.78. The van der Waals surface area contributed by atoms with Gasteiger partial charge in [-0.1, -0.05) is 11.6 Å². The number of carbonyl (C=O) groups is 2. The van der Waals surface area contributed by atoms with Crippen LogP contribution in [-0.2, 0) is 9.59 Å². The molecule has 1 aliphatic rings. The first-order chi connectivity index (χ1) is 14.1. The van der Waals surface area contributed by atoms with E-state index in [1.807, 2.05) is 0 Å². The van der Waals surface area contributed by atoms with Gasteiger partial charge in [0, 0.05) is 16.7 Å². The summed E-state index contributed by atoms with van der Waals surface area (Å²) in [5.41, 5.74) is -2.40. The SMILES string of the molecule is O=C1NC(=S)N(c2ccc(Cl)cc2)C(=O)/C1=C/c1cc([N+](=O)[O-])cc([N+](=O)[O-])c1O. The van der Waals surface area contributed by atoms with Crippen molar-refractivity contribution < 1.29 is 24.5 Å². The first kappa shape index (κ1) is 20.8. The molecule has 30 heavy (non-hydrogen) atoms. The van der Waals surface area contributed by atoms with Gasteiger partial charge in [0.2, 0.25) is 5.75 Å². The van der Waals surface area contributed by atoms with Crippen molar-refractivity contribution in [2.24, 2.45) is 0 Å². The second-order valence-electron chi connectivity index (χ2n) is 5.85. The number of anilines is 1. The summed E-state index contributed by atoms with van der Waals surface area (Å²) in [6.07, 6.45) is 0.817. The Balaban J connectivity index is 2.14. The number of aromatic hydroxyl groups is 1. The zero-order chi connectivity index (χ0) is 22.2. The number of carbonyl (C=O) groups excluding carboxylic acids is 2. The Morgan fingerprint density at radius 3 is 2.30 bits per heavy atom. The largest absolute Gasteiger partial charge is 0.502 e. The van der Waals surface area contributed by atoms with Crippen LogP contribution in [0.25, 0.3) is 6.08 Å². The highest BCUT2D eigenvalue weighted by molar-refractivity contribution is 7.80. The average molecular weight is 449 g/mol. The predicted molar refractivity (Wildman–Crippen MR) is 109 cm³/mol. The first-order valence-corrected chi connectivity index (χ1v) is 8.71. The number of nitrogens with one attached hydrogen (secondary N) is 1. The van der Waals surface area contributed by atoms with Crippen molar-refractivity contribution in [3.63, 3.8) is 0 Å². The quantitative estimate of drug-likeness (QED) is 0.237. The molecule has 11 nitrogen and oxygen atoms in total. The van der Waals surface area contributed by atoms with Crippen molar-refractivity contribution >= 4 is 63.9 Å². The smallest absolute Gasteiger partial charge is 0.318 e. The van der Waals surface area contributed by atoms with E-state index >= 15 is 0 Å². The van der Waals surface area contributed by atoms with Crippen LogP contribution in [0, 0.1) is 20.2 Å². The van der Waals surface area contributed by atoms with Gasteiger partial charge in [0.05, 0.1) is 21.6 Å². The third kappa shape index (κ3) is 3.81. The molecule has 0 aromatic heterocycles. The number of halogens is 1. The molecule has 1 saturated heterocycles. The summed E-state index contributed by atoms with van der Waals surface area (Å²) in [4.78, 5) is 46.4. The number of hydrogen-bond acceptors (Lipinski definition) is 8. The predicted octanol–water partition coefficient (Wildman–Crippen LogP) is 2.69. The minimum atomic E-state index is -1.03. The van der Waals surface area contributed by atoms with Crippen molar-refractivity contribution in [2.45, 2.75) is 0 Å². The van der Waals surface area contributed by atoms with E-state index in [9.17, 15) is 34.9 Å². The van der Waals surface area contributed by atoms with E-state index in [2.05, 4.69) is 5.32 Å². The lowest BCUT2D eigenvalue weighted by atomic mass is 10.0. The maximum atomic E-state index is 12.9. The Bertz CT molecular complexity index is 1160. The molecule has 3 rings (SSSR count). The number of phenolic OH excluding ortho intramolecular Hbond substituents is 1. The standard InChI is InChI=1S/C17H9ClN4O7S/c18-9-1-3-10(4-2-9)20-16(25)12(15(24)19-17(20)30)6-8-5-11(21(26)27)7-13(14(8)23)22(28)29/h1-7,23H,(H,19,24,30)/b12-6+. The Morgan fingerprint density at radius 1 is 1.10 bits per heavy atom. The Morgan fingerprint density at radius 2 is 1.73 bits per heavy atom. The maximum Gasteiger partial charge on any atom is 0.318 e. The number of nitro groups is 2. The van der Waals surface area contributed by atoms with Crippen molar-refractivity contribution in [1.82, 2.24) is 5.32 Å². The fourth-order valence-corrected chi connectivity index (χ4v) is 3.02. The Labute approximate surface area is 177 Å². The van der Waals surface area contributed by atoms with E-state index in [-0.39, 0.29) is 10.8 Å². The summed E-state index contributed by atoms with van der Waals surface area (Å²) < 4.78 is 0. The lowest BCUT2D eigenvalue weighted by Gasteiger charge is -2.28. The second-order valence-corrected chi connectivity index (χ2v) is 6.67. The zero-order valence-corrected chi connectivity index (χ0v) is 16.1. The highest BCUT2D eigenvalue weighted by Gasteiger charge is 2.35. The monoisotopic (exact) mass is 448 g/mol. The molecule has 0 atom stereocenters. The fraction of sp³-hybridized carbons (Fsp3) is 0. The van der Waals surface area contributed by atoms with Gasteiger partial charge in [0.1, 0.15) is 5.57 Å². The van der Waals surface area contributed by atoms with Gasteiger partial charge in [-0.25, -0.2) is 0 Å². The summed E-state index contributed by atoms with van der Waals surface area (Å²) in [7, 11) is 0. The number of amides is 2. The van der Waals surface area contributed by atoms with E-state index in [0.29, 0.717) is 11.1 Å². The summed E-state index contributed by atoms with van der Waals surface area (Å²) >= 11 is 10.9. The molecule has 1 heterocycles. The van der Waals surface area contributed by atoms with Gasteiger partial charge in [-0.2, -0.15) is 0 Å². The maximum absolute atomic E-state index is 12.9. The third-order valence-electron chi connectivity index (χ3n) is 4.00. The molecule has 2 aromatic rings. The minimum Gasteiger partial charge on any atom is -0.502 e. The van der Waals surface area contributed by atoms with Crippen LogP contribution in [0.4, 0.5) is 17.1 Å². The number of nitro benzene ring substituents is 2. The van der Waals surface area contributed by atoms with Gasteiger partial charge in [-0.05, 0) is 42.6 Å². The van der Waals surface area contributed by atoms with Crippen LogP contribution in [-0.4, -0.2) is 31.9 Å². The molecule has 2 amide bonds. The van der Waals surface area contributed by atoms with Crippen LogP contribution < -0.4 is 10.2 Å². The van der Waals surface area contributed by atoms with Gasteiger partial charge < -0.3 is 5.11 Å². The van der Waals surface area contributed by atoms with Gasteiger partial charge in [0.25, 0.3) is 17.5 Å². The molecule has 0 aliphatic carbocycles. The van der Waals surface area contributed by atoms with Crippen LogP contribution in [0.2, 0.25) is 5.02 Å². The molecule has 0 radical (unpaired) electrons. The molecule has 152 valence electrons. The zero-order valence-electron chi connectivity index (χ0n) is 14.6. The van der Waals surface area contributed by atoms with E-state index in [4.69, 9.17) is 23.8 Å². The molecule has 0 saturated carbocycles. The van der Waals surface area contributed by atoms with Crippen molar-refractivity contribution in [3.8, 4) is 5.75 Å². The van der Waals surface area contributed by atoms with Crippen LogP contribution in [0.3, 0.4) is 0 Å². The van der Waals surface area contributed by atoms with Crippen LogP contribution in [0.5, 0.6) is 5.75 Å². The lowest BCUT2D eigenvalue weighted by molar-refractivity contribution is -0.394. The number of non-ortho nitro benzene ring substituents is 1. The number of phenols is 1. The van der Waals surface area contributed by atoms with Gasteiger partial charge >= 0.3 is 5.69 Å². The number of hydrogen-bond donors (Lipinski definition) is 2. The van der Waals surface area contributed by atoms with Crippen LogP contribution >= 0.6 is 23.8 Å². The second kappa shape index (κ2) is 7.85. The first-order valence-electron chi connectivity index (χ1n) is 7.93. The minimum absolute atomic E-state index is 0.223. The third-order valence-corrected chi connectivity index (χ3v) is 4.53. The van der Waals surface area contributed by atoms with Crippen molar-refractivity contribution in [3.05, 3.63) is 72.8 Å². The number of rotatable bonds is 4. The molecule has 2 aromatic carbocycles. The topological polar surface area (TPSA) is 156 Å². The summed E-state index contributed by atoms with van der Waals surface area (Å²) in [6, 6.07) is 7.28. The van der Waals surface area contributed by atoms with E-state index in [0.717, 1.165) is 17.0 Å². The number of benzene rings is 2. The fourth-order valence-electron chi connectivity index (χ4n) is 2.62. The highest BCUT2D eigenvalue weighted by Crippen LogP contribution is 2.36. The number of thiocarbonyl (C=S) groups is 1. The molecule has 1 aliphatic heterocycles. The van der Waals surface area contributed by atoms with Crippen molar-refractivity contribution in [2.75, 3.05) is 4.90 Å². The van der Waals surface area contributed by atoms with Gasteiger partial charge in [-0.3, -0.25) is 40.0 Å². The molecule has 0 bridgehead atoms. The van der Waals surface area contributed by atoms with Crippen LogP contribution in [0.15, 0.2) is 42.0 Å². The average Bonchev–Trinajstić information content (AvgIpc) is 2.67. The summed E-state index contributed by atoms with van der Waals surface area (Å²) in [6.45, 7) is 0. The molecular weight excluding hydrogens is 440 g/mol. The van der Waals surface area contributed by atoms with Gasteiger partial charge in [0.15, 0.2) is 5.11 Å². The molecule has 0 unspecified atom stereocenters. The number of nitrogens with zero attached hydrogens (tertiary/aromatic N) is 3. The lowest BCUT2D eigenvalue weighted by Crippen LogP contribution is -2.54. The Hall–Kier alpha value is -3.90. The van der Waals surface area contributed by atoms with Gasteiger partial charge in [-0.15, -0.1) is 0 Å². The molecule has 1 fully saturated rings. The van der Waals surface area contributed by atoms with E-state index in [1.165, 1.54) is 24.3 Å². The summed E-state index contributed by atoms with van der Waals surface area (Å²) in [5, 5.41) is 34.7. The van der Waals surface area contributed by atoms with E-state index < -0.39 is 49.9 Å². The molecule has 13 heteroatoms. The highest BCUT2D eigenvalue weighted by atomic mass is 35.5. The molecular formula is C17H9ClN4O7S. The van der Waals surface area contributed by atoms with Crippen molar-refractivity contribution in [1.29, 1.82) is 0 Å². The molecule has 2 N–H and O–H groups in total.